The molecule has 0 radical (unpaired) electrons. The molecule has 3 aliphatic rings. The standard InChI is InChI=1S/C19H17Cl2N3O2S/c20-11-7-12(18(25)22-14-9-24-4-1-10(14)2-5-24)16-15(8-11)26-19(23-16)17-13(21)3-6-27-17/h3,6-8,10,14H,1-2,4-5,9H2,(H,22,25)/t14-/m1/s1. The van der Waals surface area contributed by atoms with E-state index in [1.807, 2.05) is 5.38 Å². The molecule has 0 aliphatic carbocycles. The number of carbonyl (C=O) groups is 1. The highest BCUT2D eigenvalue weighted by Gasteiger charge is 2.35. The third-order valence-corrected chi connectivity index (χ3v) is 7.04. The highest BCUT2D eigenvalue weighted by Crippen LogP contribution is 2.36. The Bertz CT molecular complexity index is 1020. The highest BCUT2D eigenvalue weighted by molar-refractivity contribution is 7.14. The average Bonchev–Trinajstić information content (AvgIpc) is 3.27. The van der Waals surface area contributed by atoms with Gasteiger partial charge in [0.05, 0.1) is 10.6 Å². The van der Waals surface area contributed by atoms with Crippen molar-refractivity contribution in [3.63, 3.8) is 0 Å². The first-order valence-corrected chi connectivity index (χ1v) is 10.6. The van der Waals surface area contributed by atoms with Gasteiger partial charge in [-0.2, -0.15) is 0 Å². The Labute approximate surface area is 170 Å². The first-order valence-electron chi connectivity index (χ1n) is 8.95. The van der Waals surface area contributed by atoms with Gasteiger partial charge in [-0.05, 0) is 49.4 Å². The minimum absolute atomic E-state index is 0.154. The quantitative estimate of drug-likeness (QED) is 0.666. The lowest BCUT2D eigenvalue weighted by molar-refractivity contribution is 0.0621. The number of aromatic nitrogens is 1. The monoisotopic (exact) mass is 421 g/mol. The number of carbonyl (C=O) groups excluding carboxylic acids is 1. The van der Waals surface area contributed by atoms with E-state index < -0.39 is 0 Å². The zero-order valence-corrected chi connectivity index (χ0v) is 16.7. The number of hydrogen-bond donors (Lipinski definition) is 1. The van der Waals surface area contributed by atoms with E-state index in [1.54, 1.807) is 18.2 Å². The van der Waals surface area contributed by atoms with Crippen LogP contribution in [0.3, 0.4) is 0 Å². The van der Waals surface area contributed by atoms with Gasteiger partial charge in [0, 0.05) is 23.7 Å². The van der Waals surface area contributed by atoms with Crippen LogP contribution in [-0.2, 0) is 0 Å². The lowest BCUT2D eigenvalue weighted by atomic mass is 9.84. The smallest absolute Gasteiger partial charge is 0.253 e. The maximum absolute atomic E-state index is 13.0. The van der Waals surface area contributed by atoms with Gasteiger partial charge in [0.2, 0.25) is 5.89 Å². The number of hydrogen-bond acceptors (Lipinski definition) is 5. The highest BCUT2D eigenvalue weighted by atomic mass is 35.5. The van der Waals surface area contributed by atoms with Gasteiger partial charge in [-0.15, -0.1) is 11.3 Å². The summed E-state index contributed by atoms with van der Waals surface area (Å²) in [7, 11) is 0. The number of amides is 1. The molecule has 3 aliphatic heterocycles. The molecule has 140 valence electrons. The Morgan fingerprint density at radius 1 is 1.30 bits per heavy atom. The second kappa shape index (κ2) is 6.78. The summed E-state index contributed by atoms with van der Waals surface area (Å²) in [5.41, 5.74) is 1.44. The first-order chi connectivity index (χ1) is 13.1. The molecule has 3 aromatic rings. The molecule has 1 aromatic carbocycles. The Kier molecular flexibility index (Phi) is 4.39. The van der Waals surface area contributed by atoms with E-state index in [0.29, 0.717) is 38.5 Å². The number of nitrogens with zero attached hydrogens (tertiary/aromatic N) is 2. The largest absolute Gasteiger partial charge is 0.435 e. The number of fused-ring (bicyclic) bond motifs is 4. The number of piperidine rings is 3. The maximum Gasteiger partial charge on any atom is 0.253 e. The SMILES string of the molecule is O=C(N[C@@H]1CN2CCC1CC2)c1cc(Cl)cc2oc(-c3sccc3Cl)nc12. The molecule has 0 saturated carbocycles. The van der Waals surface area contributed by atoms with E-state index in [1.165, 1.54) is 11.3 Å². The summed E-state index contributed by atoms with van der Waals surface area (Å²) >= 11 is 13.9. The third kappa shape index (κ3) is 3.14. The first kappa shape index (κ1) is 17.5. The summed E-state index contributed by atoms with van der Waals surface area (Å²) in [6.45, 7) is 3.17. The molecular weight excluding hydrogens is 405 g/mol. The molecule has 3 saturated heterocycles. The van der Waals surface area contributed by atoms with Crippen LogP contribution in [0.1, 0.15) is 23.2 Å². The van der Waals surface area contributed by atoms with E-state index in [9.17, 15) is 4.79 Å². The Balaban J connectivity index is 1.49. The van der Waals surface area contributed by atoms with E-state index >= 15 is 0 Å². The number of thiophene rings is 1. The van der Waals surface area contributed by atoms with Crippen LogP contribution in [0, 0.1) is 5.92 Å². The lowest BCUT2D eigenvalue weighted by Gasteiger charge is -2.44. The van der Waals surface area contributed by atoms with Gasteiger partial charge in [-0.25, -0.2) is 4.98 Å². The van der Waals surface area contributed by atoms with Gasteiger partial charge in [0.25, 0.3) is 5.91 Å². The number of nitrogens with one attached hydrogen (secondary N) is 1. The molecular formula is C19H17Cl2N3O2S. The molecule has 0 spiro atoms. The lowest BCUT2D eigenvalue weighted by Crippen LogP contribution is -2.57. The molecule has 0 unspecified atom stereocenters. The van der Waals surface area contributed by atoms with Crippen molar-refractivity contribution in [3.8, 4) is 10.8 Å². The Morgan fingerprint density at radius 3 is 2.78 bits per heavy atom. The fourth-order valence-electron chi connectivity index (χ4n) is 4.09. The van der Waals surface area contributed by atoms with Gasteiger partial charge < -0.3 is 14.6 Å². The third-order valence-electron chi connectivity index (χ3n) is 5.49. The van der Waals surface area contributed by atoms with Crippen LogP contribution in [-0.4, -0.2) is 41.5 Å². The minimum atomic E-state index is -0.154. The van der Waals surface area contributed by atoms with E-state index in [-0.39, 0.29) is 11.9 Å². The van der Waals surface area contributed by atoms with Gasteiger partial charge in [-0.3, -0.25) is 4.79 Å². The van der Waals surface area contributed by atoms with Crippen molar-refractivity contribution >= 4 is 51.5 Å². The molecule has 2 aromatic heterocycles. The van der Waals surface area contributed by atoms with Crippen LogP contribution >= 0.6 is 34.5 Å². The Morgan fingerprint density at radius 2 is 2.11 bits per heavy atom. The number of oxazole rings is 1. The maximum atomic E-state index is 13.0. The second-order valence-corrected chi connectivity index (χ2v) is 8.89. The molecule has 8 heteroatoms. The van der Waals surface area contributed by atoms with Crippen molar-refractivity contribution < 1.29 is 9.21 Å². The fraction of sp³-hybridized carbons (Fsp3) is 0.368. The zero-order valence-electron chi connectivity index (χ0n) is 14.4. The summed E-state index contributed by atoms with van der Waals surface area (Å²) in [4.78, 5) is 20.7. The van der Waals surface area contributed by atoms with Gasteiger partial charge >= 0.3 is 0 Å². The van der Waals surface area contributed by atoms with Crippen LogP contribution in [0.5, 0.6) is 0 Å². The van der Waals surface area contributed by atoms with Crippen molar-refractivity contribution in [2.24, 2.45) is 5.92 Å². The molecule has 5 heterocycles. The van der Waals surface area contributed by atoms with E-state index in [4.69, 9.17) is 27.6 Å². The molecule has 1 atom stereocenters. The number of benzene rings is 1. The predicted molar refractivity (Wildman–Crippen MR) is 108 cm³/mol. The second-order valence-electron chi connectivity index (χ2n) is 7.13. The minimum Gasteiger partial charge on any atom is -0.435 e. The summed E-state index contributed by atoms with van der Waals surface area (Å²) in [6, 6.07) is 5.31. The number of rotatable bonds is 3. The molecule has 27 heavy (non-hydrogen) atoms. The summed E-state index contributed by atoms with van der Waals surface area (Å²) in [6.07, 6.45) is 2.28. The van der Waals surface area contributed by atoms with Crippen LogP contribution < -0.4 is 5.32 Å². The van der Waals surface area contributed by atoms with Crippen molar-refractivity contribution in [1.82, 2.24) is 15.2 Å². The average molecular weight is 422 g/mol. The van der Waals surface area contributed by atoms with Gasteiger partial charge in [0.1, 0.15) is 10.4 Å². The molecule has 3 fully saturated rings. The van der Waals surface area contributed by atoms with E-state index in [2.05, 4.69) is 15.2 Å². The van der Waals surface area contributed by atoms with Crippen molar-refractivity contribution in [3.05, 3.63) is 39.2 Å². The van der Waals surface area contributed by atoms with Crippen LogP contribution in [0.4, 0.5) is 0 Å². The molecule has 1 amide bonds. The van der Waals surface area contributed by atoms with E-state index in [0.717, 1.165) is 37.4 Å². The summed E-state index contributed by atoms with van der Waals surface area (Å²) < 4.78 is 5.85. The van der Waals surface area contributed by atoms with Gasteiger partial charge in [-0.1, -0.05) is 23.2 Å². The van der Waals surface area contributed by atoms with Crippen molar-refractivity contribution in [1.29, 1.82) is 0 Å². The molecule has 6 rings (SSSR count). The normalized spacial score (nSPS) is 24.4. The van der Waals surface area contributed by atoms with Crippen LogP contribution in [0.2, 0.25) is 10.0 Å². The predicted octanol–water partition coefficient (Wildman–Crippen LogP) is 4.69. The van der Waals surface area contributed by atoms with Crippen molar-refractivity contribution in [2.75, 3.05) is 19.6 Å². The summed E-state index contributed by atoms with van der Waals surface area (Å²) in [5, 5.41) is 6.10. The summed E-state index contributed by atoms with van der Waals surface area (Å²) in [5.74, 6) is 0.800. The number of halogens is 2. The zero-order chi connectivity index (χ0) is 18.5. The molecule has 1 N–H and O–H groups in total. The van der Waals surface area contributed by atoms with Crippen molar-refractivity contribution in [2.45, 2.75) is 18.9 Å². The molecule has 2 bridgehead atoms. The fourth-order valence-corrected chi connectivity index (χ4v) is 5.36. The molecule has 5 nitrogen and oxygen atoms in total. The van der Waals surface area contributed by atoms with Gasteiger partial charge in [0.15, 0.2) is 5.58 Å². The van der Waals surface area contributed by atoms with Crippen LogP contribution in [0.15, 0.2) is 28.0 Å². The topological polar surface area (TPSA) is 58.4 Å². The van der Waals surface area contributed by atoms with Crippen LogP contribution in [0.25, 0.3) is 21.9 Å². The Hall–Kier alpha value is -1.60.